The van der Waals surface area contributed by atoms with Crippen LogP contribution in [0.15, 0.2) is 12.3 Å². The molecule has 2 saturated carbocycles. The number of rotatable bonds is 4. The highest BCUT2D eigenvalue weighted by Crippen LogP contribution is 2.59. The number of piperazine rings is 1. The Balaban J connectivity index is 1.47. The maximum Gasteiger partial charge on any atom is 0.133 e. The lowest BCUT2D eigenvalue weighted by molar-refractivity contribution is -0.0505. The molecule has 3 fully saturated rings. The minimum absolute atomic E-state index is 0.245. The molecular weight excluding hydrogens is 360 g/mol. The summed E-state index contributed by atoms with van der Waals surface area (Å²) in [5.41, 5.74) is 0.904. The van der Waals surface area contributed by atoms with E-state index in [2.05, 4.69) is 43.6 Å². The van der Waals surface area contributed by atoms with E-state index in [4.69, 9.17) is 15.1 Å². The SMILES string of the molecule is CC1(C)CCC(C)(C)C2CC(c3nccc(N4CCN(CCO)CC4)n3)CCC21. The van der Waals surface area contributed by atoms with Gasteiger partial charge in [0.1, 0.15) is 11.6 Å². The molecule has 3 atom stereocenters. The first-order valence-corrected chi connectivity index (χ1v) is 11.7. The second-order valence-corrected chi connectivity index (χ2v) is 11.0. The van der Waals surface area contributed by atoms with Crippen LogP contribution in [0, 0.1) is 22.7 Å². The largest absolute Gasteiger partial charge is 0.395 e. The maximum atomic E-state index is 9.16. The van der Waals surface area contributed by atoms with Crippen LogP contribution < -0.4 is 4.90 Å². The first-order chi connectivity index (χ1) is 13.8. The zero-order valence-electron chi connectivity index (χ0n) is 18.9. The van der Waals surface area contributed by atoms with Crippen LogP contribution in [0.4, 0.5) is 5.82 Å². The lowest BCUT2D eigenvalue weighted by atomic mass is 9.50. The Labute approximate surface area is 176 Å². The van der Waals surface area contributed by atoms with Gasteiger partial charge in [0, 0.05) is 44.8 Å². The molecule has 1 saturated heterocycles. The van der Waals surface area contributed by atoms with Crippen LogP contribution >= 0.6 is 0 Å². The van der Waals surface area contributed by atoms with Crippen LogP contribution in [0.25, 0.3) is 0 Å². The van der Waals surface area contributed by atoms with E-state index in [0.717, 1.165) is 56.2 Å². The molecule has 3 aliphatic rings. The van der Waals surface area contributed by atoms with Crippen molar-refractivity contribution in [2.24, 2.45) is 22.7 Å². The van der Waals surface area contributed by atoms with E-state index in [9.17, 15) is 0 Å². The van der Waals surface area contributed by atoms with Gasteiger partial charge in [0.05, 0.1) is 6.61 Å². The van der Waals surface area contributed by atoms with Crippen molar-refractivity contribution < 1.29 is 5.11 Å². The van der Waals surface area contributed by atoms with Crippen LogP contribution in [0.2, 0.25) is 0 Å². The highest BCUT2D eigenvalue weighted by atomic mass is 16.3. The van der Waals surface area contributed by atoms with Gasteiger partial charge in [0.15, 0.2) is 0 Å². The van der Waals surface area contributed by atoms with Crippen molar-refractivity contribution in [1.82, 2.24) is 14.9 Å². The van der Waals surface area contributed by atoms with Gasteiger partial charge in [-0.15, -0.1) is 0 Å². The fourth-order valence-corrected chi connectivity index (χ4v) is 6.30. The number of anilines is 1. The average Bonchev–Trinajstić information content (AvgIpc) is 2.72. The Morgan fingerprint density at radius 1 is 1.00 bits per heavy atom. The molecule has 1 aliphatic heterocycles. The summed E-state index contributed by atoms with van der Waals surface area (Å²) in [7, 11) is 0. The number of fused-ring (bicyclic) bond motifs is 1. The van der Waals surface area contributed by atoms with Crippen molar-refractivity contribution in [2.45, 2.75) is 65.7 Å². The predicted molar refractivity (Wildman–Crippen MR) is 118 cm³/mol. The number of aliphatic hydroxyl groups excluding tert-OH is 1. The van der Waals surface area contributed by atoms with E-state index in [0.29, 0.717) is 16.7 Å². The minimum atomic E-state index is 0.245. The summed E-state index contributed by atoms with van der Waals surface area (Å²) in [5, 5.41) is 9.16. The smallest absolute Gasteiger partial charge is 0.133 e. The molecular formula is C24H40N4O. The number of hydrogen-bond acceptors (Lipinski definition) is 5. The van der Waals surface area contributed by atoms with Crippen LogP contribution in [0.1, 0.15) is 71.5 Å². The molecule has 162 valence electrons. The molecule has 0 radical (unpaired) electrons. The third-order valence-corrected chi connectivity index (χ3v) is 8.41. The van der Waals surface area contributed by atoms with Gasteiger partial charge >= 0.3 is 0 Å². The maximum absolute atomic E-state index is 9.16. The molecule has 0 bridgehead atoms. The molecule has 1 aromatic heterocycles. The summed E-state index contributed by atoms with van der Waals surface area (Å²) in [5.74, 6) is 4.27. The van der Waals surface area contributed by atoms with Gasteiger partial charge in [-0.3, -0.25) is 4.90 Å². The number of aliphatic hydroxyl groups is 1. The number of β-amino-alcohol motifs (C(OH)–C–C–N with tert-alkyl or cyclic N) is 1. The van der Waals surface area contributed by atoms with Gasteiger partial charge in [0.25, 0.3) is 0 Å². The number of aromatic nitrogens is 2. The first-order valence-electron chi connectivity index (χ1n) is 11.7. The molecule has 2 heterocycles. The predicted octanol–water partition coefficient (Wildman–Crippen LogP) is 3.94. The summed E-state index contributed by atoms with van der Waals surface area (Å²) >= 11 is 0. The molecule has 5 nitrogen and oxygen atoms in total. The first kappa shape index (κ1) is 21.0. The van der Waals surface area contributed by atoms with Crippen molar-refractivity contribution in [3.8, 4) is 0 Å². The quantitative estimate of drug-likeness (QED) is 0.830. The van der Waals surface area contributed by atoms with Gasteiger partial charge in [-0.1, -0.05) is 27.7 Å². The Morgan fingerprint density at radius 3 is 2.38 bits per heavy atom. The fourth-order valence-electron chi connectivity index (χ4n) is 6.30. The minimum Gasteiger partial charge on any atom is -0.395 e. The van der Waals surface area contributed by atoms with Crippen molar-refractivity contribution in [2.75, 3.05) is 44.2 Å². The zero-order chi connectivity index (χ0) is 20.6. The normalized spacial score (nSPS) is 32.0. The second kappa shape index (κ2) is 8.14. The lowest BCUT2D eigenvalue weighted by Crippen LogP contribution is -2.48. The molecule has 2 aliphatic carbocycles. The third-order valence-electron chi connectivity index (χ3n) is 8.41. The summed E-state index contributed by atoms with van der Waals surface area (Å²) in [4.78, 5) is 14.5. The van der Waals surface area contributed by atoms with Crippen molar-refractivity contribution in [1.29, 1.82) is 0 Å². The van der Waals surface area contributed by atoms with Gasteiger partial charge in [-0.2, -0.15) is 0 Å². The second-order valence-electron chi connectivity index (χ2n) is 11.0. The van der Waals surface area contributed by atoms with E-state index in [1.54, 1.807) is 0 Å². The number of nitrogens with zero attached hydrogens (tertiary/aromatic N) is 4. The molecule has 0 aromatic carbocycles. The Kier molecular flexibility index (Phi) is 5.91. The van der Waals surface area contributed by atoms with Gasteiger partial charge in [0.2, 0.25) is 0 Å². The van der Waals surface area contributed by atoms with Crippen molar-refractivity contribution >= 4 is 5.82 Å². The molecule has 0 amide bonds. The van der Waals surface area contributed by atoms with Gasteiger partial charge in [-0.25, -0.2) is 9.97 Å². The highest BCUT2D eigenvalue weighted by molar-refractivity contribution is 5.38. The van der Waals surface area contributed by atoms with E-state index in [1.165, 1.54) is 32.1 Å². The highest BCUT2D eigenvalue weighted by Gasteiger charge is 2.50. The third kappa shape index (κ3) is 4.32. The van der Waals surface area contributed by atoms with Crippen LogP contribution in [0.3, 0.4) is 0 Å². The van der Waals surface area contributed by atoms with Crippen LogP contribution in [-0.4, -0.2) is 59.3 Å². The van der Waals surface area contributed by atoms with Crippen molar-refractivity contribution in [3.63, 3.8) is 0 Å². The van der Waals surface area contributed by atoms with E-state index in [1.807, 2.05) is 6.20 Å². The molecule has 4 rings (SSSR count). The average molecular weight is 401 g/mol. The van der Waals surface area contributed by atoms with Crippen LogP contribution in [0.5, 0.6) is 0 Å². The van der Waals surface area contributed by atoms with Crippen LogP contribution in [-0.2, 0) is 0 Å². The Hall–Kier alpha value is -1.20. The Bertz CT molecular complexity index is 696. The lowest BCUT2D eigenvalue weighted by Gasteiger charge is -2.55. The van der Waals surface area contributed by atoms with Gasteiger partial charge < -0.3 is 10.0 Å². The molecule has 1 aromatic rings. The molecule has 29 heavy (non-hydrogen) atoms. The monoisotopic (exact) mass is 400 g/mol. The summed E-state index contributed by atoms with van der Waals surface area (Å²) < 4.78 is 0. The summed E-state index contributed by atoms with van der Waals surface area (Å²) in [6, 6.07) is 2.07. The standard InChI is InChI=1S/C24H40N4O/c1-23(2)8-9-24(3,4)20-17-18(5-6-19(20)23)22-25-10-7-21(26-22)28-13-11-27(12-14-28)15-16-29/h7,10,18-20,29H,5-6,8-9,11-17H2,1-4H3. The van der Waals surface area contributed by atoms with Crippen molar-refractivity contribution in [3.05, 3.63) is 18.1 Å². The zero-order valence-corrected chi connectivity index (χ0v) is 18.9. The molecule has 0 spiro atoms. The summed E-state index contributed by atoms with van der Waals surface area (Å²) in [6.07, 6.45) is 8.47. The van der Waals surface area contributed by atoms with E-state index >= 15 is 0 Å². The van der Waals surface area contributed by atoms with Gasteiger partial charge in [-0.05, 0) is 60.8 Å². The summed E-state index contributed by atoms with van der Waals surface area (Å²) in [6.45, 7) is 14.9. The van der Waals surface area contributed by atoms with E-state index < -0.39 is 0 Å². The molecule has 1 N–H and O–H groups in total. The van der Waals surface area contributed by atoms with E-state index in [-0.39, 0.29) is 6.61 Å². The fraction of sp³-hybridized carbons (Fsp3) is 0.833. The number of hydrogen-bond donors (Lipinski definition) is 1. The molecule has 5 heteroatoms. The topological polar surface area (TPSA) is 52.5 Å². The Morgan fingerprint density at radius 2 is 1.69 bits per heavy atom. The molecule has 3 unspecified atom stereocenters.